The summed E-state index contributed by atoms with van der Waals surface area (Å²) in [5.74, 6) is -0.352. The molecule has 1 aromatic rings. The molecule has 0 N–H and O–H groups in total. The monoisotopic (exact) mass is 312 g/mol. The van der Waals surface area contributed by atoms with Crippen molar-refractivity contribution in [3.63, 3.8) is 0 Å². The molecule has 0 aliphatic carbocycles. The van der Waals surface area contributed by atoms with Gasteiger partial charge in [0.2, 0.25) is 0 Å². The number of aromatic nitrogens is 1. The average Bonchev–Trinajstić information content (AvgIpc) is 2.84. The predicted octanol–water partition coefficient (Wildman–Crippen LogP) is 1.81. The lowest BCUT2D eigenvalue weighted by Crippen LogP contribution is -2.41. The highest BCUT2D eigenvalue weighted by Crippen LogP contribution is 2.26. The standard InChI is InChI=1S/C13H17ClN4O3/c1-16(2)8-9-4-3-5-17(9)13(19)10-6-12(14)15-7-11(10)18(20)21/h6-7,9H,3-5,8H2,1-2H3. The molecule has 1 atom stereocenters. The van der Waals surface area contributed by atoms with Gasteiger partial charge in [0.05, 0.1) is 4.92 Å². The van der Waals surface area contributed by atoms with E-state index in [9.17, 15) is 14.9 Å². The van der Waals surface area contributed by atoms with Crippen LogP contribution in [-0.2, 0) is 0 Å². The van der Waals surface area contributed by atoms with Gasteiger partial charge in [0.25, 0.3) is 11.6 Å². The molecule has 114 valence electrons. The van der Waals surface area contributed by atoms with Crippen LogP contribution in [-0.4, -0.2) is 58.8 Å². The van der Waals surface area contributed by atoms with Crippen LogP contribution < -0.4 is 0 Å². The van der Waals surface area contributed by atoms with Crippen molar-refractivity contribution in [1.82, 2.24) is 14.8 Å². The van der Waals surface area contributed by atoms with E-state index in [1.165, 1.54) is 6.07 Å². The van der Waals surface area contributed by atoms with Crippen LogP contribution >= 0.6 is 11.6 Å². The van der Waals surface area contributed by atoms with E-state index in [1.807, 2.05) is 19.0 Å². The van der Waals surface area contributed by atoms with Crippen molar-refractivity contribution in [3.05, 3.63) is 33.1 Å². The molecule has 8 heteroatoms. The van der Waals surface area contributed by atoms with Gasteiger partial charge < -0.3 is 9.80 Å². The molecule has 1 aliphatic rings. The Kier molecular flexibility index (Phi) is 4.74. The van der Waals surface area contributed by atoms with Crippen molar-refractivity contribution in [2.75, 3.05) is 27.2 Å². The van der Waals surface area contributed by atoms with Crippen molar-refractivity contribution < 1.29 is 9.72 Å². The number of likely N-dealkylation sites (N-methyl/N-ethyl adjacent to an activating group) is 1. The summed E-state index contributed by atoms with van der Waals surface area (Å²) in [6.45, 7) is 1.34. The van der Waals surface area contributed by atoms with E-state index in [0.717, 1.165) is 25.6 Å². The second-order valence-electron chi connectivity index (χ2n) is 5.34. The first-order chi connectivity index (χ1) is 9.90. The predicted molar refractivity (Wildman–Crippen MR) is 78.5 cm³/mol. The Morgan fingerprint density at radius 2 is 2.33 bits per heavy atom. The first-order valence-corrected chi connectivity index (χ1v) is 7.03. The number of nitrogens with zero attached hydrogens (tertiary/aromatic N) is 4. The van der Waals surface area contributed by atoms with Crippen LogP contribution in [0.5, 0.6) is 0 Å². The fourth-order valence-corrected chi connectivity index (χ4v) is 2.77. The van der Waals surface area contributed by atoms with Gasteiger partial charge in [0.1, 0.15) is 16.9 Å². The van der Waals surface area contributed by atoms with Gasteiger partial charge in [-0.2, -0.15) is 0 Å². The van der Waals surface area contributed by atoms with Crippen molar-refractivity contribution in [2.45, 2.75) is 18.9 Å². The minimum Gasteiger partial charge on any atom is -0.334 e. The van der Waals surface area contributed by atoms with E-state index >= 15 is 0 Å². The molecule has 0 saturated carbocycles. The van der Waals surface area contributed by atoms with Crippen LogP contribution in [0.15, 0.2) is 12.3 Å². The lowest BCUT2D eigenvalue weighted by Gasteiger charge is -2.27. The first kappa shape index (κ1) is 15.7. The van der Waals surface area contributed by atoms with Crippen LogP contribution in [0, 0.1) is 10.1 Å². The highest BCUT2D eigenvalue weighted by Gasteiger charge is 2.33. The molecule has 2 rings (SSSR count). The normalized spacial score (nSPS) is 18.3. The number of halogens is 1. The number of nitro groups is 1. The van der Waals surface area contributed by atoms with E-state index in [0.29, 0.717) is 6.54 Å². The van der Waals surface area contributed by atoms with Gasteiger partial charge in [-0.15, -0.1) is 0 Å². The molecule has 0 spiro atoms. The van der Waals surface area contributed by atoms with E-state index in [4.69, 9.17) is 11.6 Å². The number of amides is 1. The molecule has 0 bridgehead atoms. The summed E-state index contributed by atoms with van der Waals surface area (Å²) in [6.07, 6.45) is 2.83. The molecule has 1 saturated heterocycles. The molecule has 0 radical (unpaired) electrons. The molecule has 1 aromatic heterocycles. The Morgan fingerprint density at radius 1 is 1.62 bits per heavy atom. The molecule has 1 aliphatic heterocycles. The number of hydrogen-bond acceptors (Lipinski definition) is 5. The summed E-state index contributed by atoms with van der Waals surface area (Å²) in [5.41, 5.74) is -0.300. The van der Waals surface area contributed by atoms with Crippen LogP contribution in [0.1, 0.15) is 23.2 Å². The maximum atomic E-state index is 12.6. The van der Waals surface area contributed by atoms with Crippen LogP contribution in [0.4, 0.5) is 5.69 Å². The maximum Gasteiger partial charge on any atom is 0.300 e. The van der Waals surface area contributed by atoms with Gasteiger partial charge >= 0.3 is 0 Å². The summed E-state index contributed by atoms with van der Waals surface area (Å²) in [4.78, 5) is 30.5. The van der Waals surface area contributed by atoms with E-state index in [-0.39, 0.29) is 28.4 Å². The van der Waals surface area contributed by atoms with Gasteiger partial charge in [0.15, 0.2) is 0 Å². The molecule has 7 nitrogen and oxygen atoms in total. The van der Waals surface area contributed by atoms with Crippen molar-refractivity contribution >= 4 is 23.2 Å². The zero-order chi connectivity index (χ0) is 15.6. The molecular weight excluding hydrogens is 296 g/mol. The van der Waals surface area contributed by atoms with E-state index in [2.05, 4.69) is 4.98 Å². The zero-order valence-corrected chi connectivity index (χ0v) is 12.7. The van der Waals surface area contributed by atoms with Crippen molar-refractivity contribution in [3.8, 4) is 0 Å². The van der Waals surface area contributed by atoms with Crippen molar-refractivity contribution in [2.24, 2.45) is 0 Å². The number of hydrogen-bond donors (Lipinski definition) is 0. The van der Waals surface area contributed by atoms with E-state index in [1.54, 1.807) is 4.90 Å². The third kappa shape index (κ3) is 3.48. The van der Waals surface area contributed by atoms with Crippen LogP contribution in [0.2, 0.25) is 5.15 Å². The number of carbonyl (C=O) groups excluding carboxylic acids is 1. The fourth-order valence-electron chi connectivity index (χ4n) is 2.61. The third-order valence-corrected chi connectivity index (χ3v) is 3.70. The highest BCUT2D eigenvalue weighted by atomic mass is 35.5. The lowest BCUT2D eigenvalue weighted by atomic mass is 10.1. The van der Waals surface area contributed by atoms with E-state index < -0.39 is 4.92 Å². The average molecular weight is 313 g/mol. The smallest absolute Gasteiger partial charge is 0.300 e. The number of carbonyl (C=O) groups is 1. The molecule has 1 fully saturated rings. The Hall–Kier alpha value is -1.73. The van der Waals surface area contributed by atoms with Gasteiger partial charge in [0, 0.05) is 19.1 Å². The summed E-state index contributed by atoms with van der Waals surface area (Å²) >= 11 is 5.78. The summed E-state index contributed by atoms with van der Waals surface area (Å²) in [5, 5.41) is 11.1. The van der Waals surface area contributed by atoms with Gasteiger partial charge in [-0.3, -0.25) is 14.9 Å². The highest BCUT2D eigenvalue weighted by molar-refractivity contribution is 6.29. The molecular formula is C13H17ClN4O3. The molecule has 21 heavy (non-hydrogen) atoms. The van der Waals surface area contributed by atoms with Gasteiger partial charge in [-0.1, -0.05) is 11.6 Å². The number of likely N-dealkylation sites (tertiary alicyclic amines) is 1. The molecule has 2 heterocycles. The fraction of sp³-hybridized carbons (Fsp3) is 0.538. The largest absolute Gasteiger partial charge is 0.334 e. The molecule has 0 aromatic carbocycles. The number of rotatable bonds is 4. The topological polar surface area (TPSA) is 79.6 Å². The lowest BCUT2D eigenvalue weighted by molar-refractivity contribution is -0.385. The first-order valence-electron chi connectivity index (χ1n) is 6.65. The maximum absolute atomic E-state index is 12.6. The van der Waals surface area contributed by atoms with Crippen LogP contribution in [0.25, 0.3) is 0 Å². The van der Waals surface area contributed by atoms with Crippen LogP contribution in [0.3, 0.4) is 0 Å². The summed E-state index contributed by atoms with van der Waals surface area (Å²) in [7, 11) is 3.87. The summed E-state index contributed by atoms with van der Waals surface area (Å²) < 4.78 is 0. The van der Waals surface area contributed by atoms with Crippen molar-refractivity contribution in [1.29, 1.82) is 0 Å². The minimum absolute atomic E-state index is 0.00524. The Morgan fingerprint density at radius 3 is 2.95 bits per heavy atom. The molecule has 1 unspecified atom stereocenters. The quantitative estimate of drug-likeness (QED) is 0.481. The van der Waals surface area contributed by atoms with Gasteiger partial charge in [-0.25, -0.2) is 4.98 Å². The Balaban J connectivity index is 2.31. The second-order valence-corrected chi connectivity index (χ2v) is 5.73. The Bertz CT molecular complexity index is 564. The molecule has 1 amide bonds. The Labute approximate surface area is 127 Å². The SMILES string of the molecule is CN(C)CC1CCCN1C(=O)c1cc(Cl)ncc1[N+](=O)[O-]. The zero-order valence-electron chi connectivity index (χ0n) is 12.0. The minimum atomic E-state index is -0.604. The summed E-state index contributed by atoms with van der Waals surface area (Å²) in [6, 6.07) is 1.34. The number of pyridine rings is 1. The third-order valence-electron chi connectivity index (χ3n) is 3.49. The second kappa shape index (κ2) is 6.36. The van der Waals surface area contributed by atoms with Gasteiger partial charge in [-0.05, 0) is 33.0 Å².